The molecule has 0 spiro atoms. The zero-order chi connectivity index (χ0) is 12.3. The molecule has 0 radical (unpaired) electrons. The Balaban J connectivity index is 2.20. The number of aromatic nitrogens is 2. The van der Waals surface area contributed by atoms with E-state index in [1.54, 1.807) is 6.20 Å². The van der Waals surface area contributed by atoms with Gasteiger partial charge in [0.2, 0.25) is 0 Å². The van der Waals surface area contributed by atoms with Crippen molar-refractivity contribution in [2.75, 3.05) is 11.9 Å². The molecule has 1 aromatic heterocycles. The van der Waals surface area contributed by atoms with Gasteiger partial charge in [0.05, 0.1) is 6.20 Å². The molecule has 0 amide bonds. The van der Waals surface area contributed by atoms with Crippen LogP contribution in [0.5, 0.6) is 0 Å². The predicted molar refractivity (Wildman–Crippen MR) is 69.7 cm³/mol. The van der Waals surface area contributed by atoms with E-state index in [2.05, 4.69) is 29.1 Å². The molecule has 2 rings (SSSR count). The van der Waals surface area contributed by atoms with Gasteiger partial charge in [0.15, 0.2) is 5.82 Å². The van der Waals surface area contributed by atoms with E-state index in [-0.39, 0.29) is 0 Å². The molecular weight excluding hydrogens is 212 g/mol. The fourth-order valence-electron chi connectivity index (χ4n) is 2.84. The van der Waals surface area contributed by atoms with E-state index >= 15 is 0 Å². The van der Waals surface area contributed by atoms with Gasteiger partial charge in [-0.1, -0.05) is 19.8 Å². The molecule has 94 valence electrons. The lowest BCUT2D eigenvalue weighted by Gasteiger charge is -2.37. The first-order chi connectivity index (χ1) is 8.24. The SMILES string of the molecule is CC1CCCCC1N(C)c1nnccc1CN. The molecule has 2 N–H and O–H groups in total. The summed E-state index contributed by atoms with van der Waals surface area (Å²) in [5.74, 6) is 1.68. The second kappa shape index (κ2) is 5.45. The van der Waals surface area contributed by atoms with Crippen LogP contribution in [0, 0.1) is 5.92 Å². The van der Waals surface area contributed by atoms with Gasteiger partial charge in [0, 0.05) is 25.2 Å². The smallest absolute Gasteiger partial charge is 0.155 e. The molecule has 4 heteroatoms. The number of anilines is 1. The van der Waals surface area contributed by atoms with Crippen molar-refractivity contribution in [3.8, 4) is 0 Å². The van der Waals surface area contributed by atoms with Crippen molar-refractivity contribution in [1.82, 2.24) is 10.2 Å². The molecule has 1 aromatic rings. The molecule has 4 nitrogen and oxygen atoms in total. The summed E-state index contributed by atoms with van der Waals surface area (Å²) in [7, 11) is 2.12. The van der Waals surface area contributed by atoms with Crippen LogP contribution < -0.4 is 10.6 Å². The fourth-order valence-corrected chi connectivity index (χ4v) is 2.84. The Morgan fingerprint density at radius 2 is 2.18 bits per heavy atom. The first-order valence-electron chi connectivity index (χ1n) is 6.47. The zero-order valence-electron chi connectivity index (χ0n) is 10.8. The largest absolute Gasteiger partial charge is 0.355 e. The minimum Gasteiger partial charge on any atom is -0.355 e. The molecule has 0 saturated heterocycles. The third kappa shape index (κ3) is 2.57. The van der Waals surface area contributed by atoms with Gasteiger partial charge < -0.3 is 10.6 Å². The summed E-state index contributed by atoms with van der Waals surface area (Å²) in [5.41, 5.74) is 6.84. The van der Waals surface area contributed by atoms with Crippen molar-refractivity contribution in [3.05, 3.63) is 17.8 Å². The van der Waals surface area contributed by atoms with Crippen molar-refractivity contribution in [1.29, 1.82) is 0 Å². The van der Waals surface area contributed by atoms with Crippen molar-refractivity contribution in [2.24, 2.45) is 11.7 Å². The van der Waals surface area contributed by atoms with Crippen molar-refractivity contribution in [2.45, 2.75) is 45.2 Å². The summed E-state index contributed by atoms with van der Waals surface area (Å²) < 4.78 is 0. The molecule has 2 atom stereocenters. The fraction of sp³-hybridized carbons (Fsp3) is 0.692. The van der Waals surface area contributed by atoms with Crippen LogP contribution >= 0.6 is 0 Å². The van der Waals surface area contributed by atoms with Crippen LogP contribution in [0.4, 0.5) is 5.82 Å². The molecule has 0 aromatic carbocycles. The Morgan fingerprint density at radius 3 is 2.88 bits per heavy atom. The molecule has 2 unspecified atom stereocenters. The lowest BCUT2D eigenvalue weighted by Crippen LogP contribution is -2.40. The van der Waals surface area contributed by atoms with Crippen molar-refractivity contribution in [3.63, 3.8) is 0 Å². The number of nitrogens with zero attached hydrogens (tertiary/aromatic N) is 3. The summed E-state index contributed by atoms with van der Waals surface area (Å²) in [6.07, 6.45) is 6.95. The maximum Gasteiger partial charge on any atom is 0.155 e. The second-order valence-electron chi connectivity index (χ2n) is 5.02. The highest BCUT2D eigenvalue weighted by Crippen LogP contribution is 2.30. The normalized spacial score (nSPS) is 24.6. The monoisotopic (exact) mass is 234 g/mol. The topological polar surface area (TPSA) is 55.0 Å². The van der Waals surface area contributed by atoms with Gasteiger partial charge in [0.25, 0.3) is 0 Å². The summed E-state index contributed by atoms with van der Waals surface area (Å²) in [6.45, 7) is 2.86. The number of rotatable bonds is 3. The molecule has 1 saturated carbocycles. The van der Waals surface area contributed by atoms with Crippen LogP contribution in [0.3, 0.4) is 0 Å². The Kier molecular flexibility index (Phi) is 3.94. The predicted octanol–water partition coefficient (Wildman–Crippen LogP) is 1.95. The van der Waals surface area contributed by atoms with Gasteiger partial charge in [-0.05, 0) is 24.8 Å². The molecule has 1 aliphatic carbocycles. The Hall–Kier alpha value is -1.16. The van der Waals surface area contributed by atoms with Gasteiger partial charge >= 0.3 is 0 Å². The minimum absolute atomic E-state index is 0.524. The summed E-state index contributed by atoms with van der Waals surface area (Å²) in [6, 6.07) is 2.54. The highest BCUT2D eigenvalue weighted by atomic mass is 15.3. The van der Waals surface area contributed by atoms with Crippen molar-refractivity contribution >= 4 is 5.82 Å². The first kappa shape index (κ1) is 12.3. The molecule has 0 aliphatic heterocycles. The first-order valence-corrected chi connectivity index (χ1v) is 6.47. The van der Waals surface area contributed by atoms with E-state index in [1.807, 2.05) is 6.07 Å². The molecular formula is C13H22N4. The van der Waals surface area contributed by atoms with E-state index in [1.165, 1.54) is 25.7 Å². The van der Waals surface area contributed by atoms with Gasteiger partial charge in [-0.3, -0.25) is 0 Å². The minimum atomic E-state index is 0.524. The molecule has 1 aliphatic rings. The van der Waals surface area contributed by atoms with Crippen LogP contribution in [-0.4, -0.2) is 23.3 Å². The van der Waals surface area contributed by atoms with Crippen LogP contribution in [0.2, 0.25) is 0 Å². The van der Waals surface area contributed by atoms with Gasteiger partial charge in [0.1, 0.15) is 0 Å². The van der Waals surface area contributed by atoms with E-state index in [0.717, 1.165) is 17.3 Å². The summed E-state index contributed by atoms with van der Waals surface area (Å²) >= 11 is 0. The van der Waals surface area contributed by atoms with Crippen LogP contribution in [-0.2, 0) is 6.54 Å². The highest BCUT2D eigenvalue weighted by molar-refractivity contribution is 5.45. The van der Waals surface area contributed by atoms with Gasteiger partial charge in [-0.15, -0.1) is 5.10 Å². The molecule has 1 heterocycles. The number of nitrogens with two attached hydrogens (primary N) is 1. The Bertz CT molecular complexity index is 366. The van der Waals surface area contributed by atoms with E-state index < -0.39 is 0 Å². The second-order valence-corrected chi connectivity index (χ2v) is 5.02. The Morgan fingerprint density at radius 1 is 1.41 bits per heavy atom. The average Bonchev–Trinajstić information content (AvgIpc) is 2.38. The van der Waals surface area contributed by atoms with E-state index in [0.29, 0.717) is 12.6 Å². The van der Waals surface area contributed by atoms with Crippen LogP contribution in [0.1, 0.15) is 38.2 Å². The lowest BCUT2D eigenvalue weighted by molar-refractivity contribution is 0.320. The molecule has 1 fully saturated rings. The summed E-state index contributed by atoms with van der Waals surface area (Å²) in [5, 5.41) is 8.24. The Labute approximate surface area is 103 Å². The third-order valence-corrected chi connectivity index (χ3v) is 3.90. The highest BCUT2D eigenvalue weighted by Gasteiger charge is 2.26. The van der Waals surface area contributed by atoms with Gasteiger partial charge in [-0.25, -0.2) is 0 Å². The maximum atomic E-state index is 5.76. The molecule has 0 bridgehead atoms. The average molecular weight is 234 g/mol. The summed E-state index contributed by atoms with van der Waals surface area (Å²) in [4.78, 5) is 2.28. The van der Waals surface area contributed by atoms with Gasteiger partial charge in [-0.2, -0.15) is 5.10 Å². The van der Waals surface area contributed by atoms with Crippen LogP contribution in [0.15, 0.2) is 12.3 Å². The maximum absolute atomic E-state index is 5.76. The van der Waals surface area contributed by atoms with E-state index in [9.17, 15) is 0 Å². The zero-order valence-corrected chi connectivity index (χ0v) is 10.8. The number of hydrogen-bond donors (Lipinski definition) is 1. The third-order valence-electron chi connectivity index (χ3n) is 3.90. The quantitative estimate of drug-likeness (QED) is 0.868. The van der Waals surface area contributed by atoms with Crippen molar-refractivity contribution < 1.29 is 0 Å². The lowest BCUT2D eigenvalue weighted by atomic mass is 9.85. The number of hydrogen-bond acceptors (Lipinski definition) is 4. The van der Waals surface area contributed by atoms with E-state index in [4.69, 9.17) is 5.73 Å². The molecule has 17 heavy (non-hydrogen) atoms. The van der Waals surface area contributed by atoms with Crippen LogP contribution in [0.25, 0.3) is 0 Å². The standard InChI is InChI=1S/C13H22N4/c1-10-5-3-4-6-12(10)17(2)13-11(9-14)7-8-15-16-13/h7-8,10,12H,3-6,9,14H2,1-2H3.